The molecule has 1 aromatic heterocycles. The van der Waals surface area contributed by atoms with E-state index in [-0.39, 0.29) is 11.5 Å². The number of anilines is 2. The van der Waals surface area contributed by atoms with Gasteiger partial charge >= 0.3 is 0 Å². The third-order valence-electron chi connectivity index (χ3n) is 2.80. The van der Waals surface area contributed by atoms with Gasteiger partial charge < -0.3 is 15.8 Å². The van der Waals surface area contributed by atoms with E-state index in [1.807, 2.05) is 6.92 Å². The van der Waals surface area contributed by atoms with Crippen LogP contribution in [0.5, 0.6) is 5.75 Å². The fraction of sp³-hybridized carbons (Fsp3) is 0.214. The summed E-state index contributed by atoms with van der Waals surface area (Å²) in [5.41, 5.74) is 5.59. The number of carbonyl (C=O) groups is 1. The first-order valence-corrected chi connectivity index (χ1v) is 7.51. The summed E-state index contributed by atoms with van der Waals surface area (Å²) in [4.78, 5) is 30.7. The highest BCUT2D eigenvalue weighted by molar-refractivity contribution is 7.99. The summed E-state index contributed by atoms with van der Waals surface area (Å²) in [6, 6.07) is 6.49. The number of aromatic nitrogens is 2. The molecular formula is C14H16N4O3S. The number of hydrogen-bond acceptors (Lipinski definition) is 6. The fourth-order valence-corrected chi connectivity index (χ4v) is 2.32. The number of aromatic amines is 1. The minimum Gasteiger partial charge on any atom is -0.497 e. The van der Waals surface area contributed by atoms with Crippen molar-refractivity contribution in [2.75, 3.05) is 23.9 Å². The second-order valence-electron chi connectivity index (χ2n) is 4.25. The third-order valence-corrected chi connectivity index (χ3v) is 3.55. The lowest BCUT2D eigenvalue weighted by Crippen LogP contribution is -2.23. The van der Waals surface area contributed by atoms with Gasteiger partial charge in [-0.3, -0.25) is 14.6 Å². The Balaban J connectivity index is 2.22. The van der Waals surface area contributed by atoms with Crippen molar-refractivity contribution in [1.82, 2.24) is 9.97 Å². The SMILES string of the molecule is CCSc1nc(N)c(NC(=O)c2ccc(OC)cc2)c(=O)[nH]1. The zero-order valence-electron chi connectivity index (χ0n) is 12.2. The van der Waals surface area contributed by atoms with Gasteiger partial charge in [0.25, 0.3) is 11.5 Å². The zero-order chi connectivity index (χ0) is 16.1. The van der Waals surface area contributed by atoms with Gasteiger partial charge in [0.05, 0.1) is 7.11 Å². The topological polar surface area (TPSA) is 110 Å². The van der Waals surface area contributed by atoms with Crippen molar-refractivity contribution in [2.24, 2.45) is 0 Å². The van der Waals surface area contributed by atoms with Crippen LogP contribution in [0.2, 0.25) is 0 Å². The van der Waals surface area contributed by atoms with Crippen LogP contribution < -0.4 is 21.3 Å². The van der Waals surface area contributed by atoms with Crippen LogP contribution in [-0.4, -0.2) is 28.7 Å². The standard InChI is InChI=1S/C14H16N4O3S/c1-3-22-14-17-11(15)10(13(20)18-14)16-12(19)8-4-6-9(21-2)7-5-8/h4-7H,3H2,1-2H3,(H,16,19)(H3,15,17,18,20). The number of nitrogens with two attached hydrogens (primary N) is 1. The summed E-state index contributed by atoms with van der Waals surface area (Å²) in [5.74, 6) is 0.926. The van der Waals surface area contributed by atoms with Crippen molar-refractivity contribution in [1.29, 1.82) is 0 Å². The molecule has 2 aromatic rings. The predicted octanol–water partition coefficient (Wildman–Crippen LogP) is 1.72. The molecule has 2 rings (SSSR count). The molecule has 1 amide bonds. The molecule has 0 spiro atoms. The van der Waals surface area contributed by atoms with E-state index in [4.69, 9.17) is 10.5 Å². The molecule has 0 atom stereocenters. The number of nitrogen functional groups attached to an aromatic ring is 1. The van der Waals surface area contributed by atoms with Gasteiger partial charge in [-0.05, 0) is 30.0 Å². The summed E-state index contributed by atoms with van der Waals surface area (Å²) in [6.07, 6.45) is 0. The van der Waals surface area contributed by atoms with E-state index in [0.29, 0.717) is 16.5 Å². The van der Waals surface area contributed by atoms with Crippen molar-refractivity contribution < 1.29 is 9.53 Å². The van der Waals surface area contributed by atoms with Crippen LogP contribution in [0.1, 0.15) is 17.3 Å². The molecule has 0 saturated carbocycles. The lowest BCUT2D eigenvalue weighted by atomic mass is 10.2. The molecule has 1 heterocycles. The van der Waals surface area contributed by atoms with Crippen LogP contribution in [0.25, 0.3) is 0 Å². The summed E-state index contributed by atoms with van der Waals surface area (Å²) in [6.45, 7) is 1.93. The second kappa shape index (κ2) is 6.99. The van der Waals surface area contributed by atoms with Gasteiger partial charge in [-0.1, -0.05) is 18.7 Å². The van der Waals surface area contributed by atoms with Crippen molar-refractivity contribution in [3.05, 3.63) is 40.2 Å². The summed E-state index contributed by atoms with van der Waals surface area (Å²) in [7, 11) is 1.54. The zero-order valence-corrected chi connectivity index (χ0v) is 13.0. The number of thioether (sulfide) groups is 1. The Bertz CT molecular complexity index is 728. The van der Waals surface area contributed by atoms with E-state index >= 15 is 0 Å². The molecule has 1 aromatic carbocycles. The van der Waals surface area contributed by atoms with Gasteiger partial charge in [0.1, 0.15) is 11.4 Å². The van der Waals surface area contributed by atoms with Crippen LogP contribution in [-0.2, 0) is 0 Å². The van der Waals surface area contributed by atoms with Crippen LogP contribution in [0.15, 0.2) is 34.2 Å². The van der Waals surface area contributed by atoms with Gasteiger partial charge in [0.15, 0.2) is 11.0 Å². The van der Waals surface area contributed by atoms with Crippen molar-refractivity contribution in [3.63, 3.8) is 0 Å². The molecule has 0 saturated heterocycles. The highest BCUT2D eigenvalue weighted by atomic mass is 32.2. The molecule has 22 heavy (non-hydrogen) atoms. The summed E-state index contributed by atoms with van der Waals surface area (Å²) >= 11 is 1.36. The third kappa shape index (κ3) is 3.59. The number of nitrogens with zero attached hydrogens (tertiary/aromatic N) is 1. The van der Waals surface area contributed by atoms with Gasteiger partial charge in [0.2, 0.25) is 0 Å². The van der Waals surface area contributed by atoms with E-state index in [0.717, 1.165) is 5.75 Å². The lowest BCUT2D eigenvalue weighted by Gasteiger charge is -2.08. The minimum atomic E-state index is -0.481. The maximum atomic E-state index is 12.1. The molecule has 0 aliphatic heterocycles. The molecule has 0 unspecified atom stereocenters. The number of hydrogen-bond donors (Lipinski definition) is 3. The van der Waals surface area contributed by atoms with Gasteiger partial charge in [-0.2, -0.15) is 0 Å². The maximum Gasteiger partial charge on any atom is 0.277 e. The van der Waals surface area contributed by atoms with Crippen molar-refractivity contribution in [3.8, 4) is 5.75 Å². The molecule has 116 valence electrons. The molecule has 8 heteroatoms. The highest BCUT2D eigenvalue weighted by Crippen LogP contribution is 2.17. The molecule has 0 aliphatic rings. The van der Waals surface area contributed by atoms with Crippen LogP contribution >= 0.6 is 11.8 Å². The van der Waals surface area contributed by atoms with E-state index in [9.17, 15) is 9.59 Å². The summed E-state index contributed by atoms with van der Waals surface area (Å²) in [5, 5.41) is 2.90. The molecule has 0 bridgehead atoms. The number of ether oxygens (including phenoxy) is 1. The Kier molecular flexibility index (Phi) is 5.05. The fourth-order valence-electron chi connectivity index (χ4n) is 1.72. The average Bonchev–Trinajstić information content (AvgIpc) is 2.51. The number of methoxy groups -OCH3 is 1. The Labute approximate surface area is 131 Å². The van der Waals surface area contributed by atoms with E-state index in [1.165, 1.54) is 18.9 Å². The molecular weight excluding hydrogens is 304 g/mol. The van der Waals surface area contributed by atoms with Gasteiger partial charge in [-0.15, -0.1) is 0 Å². The van der Waals surface area contributed by atoms with Gasteiger partial charge in [-0.25, -0.2) is 4.98 Å². The van der Waals surface area contributed by atoms with Crippen LogP contribution in [0.4, 0.5) is 11.5 Å². The largest absolute Gasteiger partial charge is 0.497 e. The predicted molar refractivity (Wildman–Crippen MR) is 86.6 cm³/mol. The normalized spacial score (nSPS) is 10.3. The van der Waals surface area contributed by atoms with Crippen LogP contribution in [0.3, 0.4) is 0 Å². The Hall–Kier alpha value is -2.48. The molecule has 0 radical (unpaired) electrons. The lowest BCUT2D eigenvalue weighted by molar-refractivity contribution is 0.102. The van der Waals surface area contributed by atoms with E-state index < -0.39 is 11.5 Å². The first kappa shape index (κ1) is 15.9. The Morgan fingerprint density at radius 2 is 2.09 bits per heavy atom. The second-order valence-corrected chi connectivity index (χ2v) is 5.50. The highest BCUT2D eigenvalue weighted by Gasteiger charge is 2.13. The molecule has 7 nitrogen and oxygen atoms in total. The number of H-pyrrole nitrogens is 1. The summed E-state index contributed by atoms with van der Waals surface area (Å²) < 4.78 is 5.02. The quantitative estimate of drug-likeness (QED) is 0.571. The average molecular weight is 320 g/mol. The number of amides is 1. The number of nitrogens with one attached hydrogen (secondary N) is 2. The van der Waals surface area contributed by atoms with E-state index in [1.54, 1.807) is 24.3 Å². The maximum absolute atomic E-state index is 12.1. The Morgan fingerprint density at radius 1 is 1.41 bits per heavy atom. The smallest absolute Gasteiger partial charge is 0.277 e. The first-order valence-electron chi connectivity index (χ1n) is 6.53. The number of rotatable bonds is 5. The van der Waals surface area contributed by atoms with E-state index in [2.05, 4.69) is 15.3 Å². The van der Waals surface area contributed by atoms with Crippen molar-refractivity contribution in [2.45, 2.75) is 12.1 Å². The minimum absolute atomic E-state index is 0.0124. The molecule has 0 fully saturated rings. The number of benzene rings is 1. The first-order chi connectivity index (χ1) is 10.5. The van der Waals surface area contributed by atoms with Crippen molar-refractivity contribution >= 4 is 29.2 Å². The van der Waals surface area contributed by atoms with Gasteiger partial charge in [0, 0.05) is 5.56 Å². The monoisotopic (exact) mass is 320 g/mol. The number of carbonyl (C=O) groups excluding carboxylic acids is 1. The molecule has 4 N–H and O–H groups in total. The molecule has 0 aliphatic carbocycles. The Morgan fingerprint density at radius 3 is 2.64 bits per heavy atom. The van der Waals surface area contributed by atoms with Crippen LogP contribution in [0, 0.1) is 0 Å².